The summed E-state index contributed by atoms with van der Waals surface area (Å²) in [7, 11) is 5.76. The Bertz CT molecular complexity index is 511. The molecule has 0 spiro atoms. The van der Waals surface area contributed by atoms with E-state index in [0.29, 0.717) is 19.4 Å². The fourth-order valence-corrected chi connectivity index (χ4v) is 2.51. The van der Waals surface area contributed by atoms with E-state index in [4.69, 9.17) is 0 Å². The largest absolute Gasteiger partial charge is 0.378 e. The number of benzene rings is 1. The molecule has 2 rings (SSSR count). The van der Waals surface area contributed by atoms with Gasteiger partial charge in [0.15, 0.2) is 0 Å². The quantitative estimate of drug-likeness (QED) is 0.901. The Morgan fingerprint density at radius 3 is 2.57 bits per heavy atom. The molecule has 0 unspecified atom stereocenters. The third-order valence-corrected chi connectivity index (χ3v) is 3.81. The summed E-state index contributed by atoms with van der Waals surface area (Å²) in [4.78, 5) is 27.2. The second kappa shape index (κ2) is 6.61. The van der Waals surface area contributed by atoms with Crippen LogP contribution in [-0.2, 0) is 16.0 Å². The van der Waals surface area contributed by atoms with E-state index in [-0.39, 0.29) is 17.9 Å². The molecule has 5 nitrogen and oxygen atoms in total. The second-order valence-electron chi connectivity index (χ2n) is 5.82. The van der Waals surface area contributed by atoms with Crippen molar-refractivity contribution in [3.8, 4) is 0 Å². The van der Waals surface area contributed by atoms with Crippen LogP contribution in [0.25, 0.3) is 0 Å². The average molecular weight is 289 g/mol. The van der Waals surface area contributed by atoms with E-state index in [0.717, 1.165) is 17.7 Å². The van der Waals surface area contributed by atoms with Crippen LogP contribution in [0.2, 0.25) is 0 Å². The van der Waals surface area contributed by atoms with Crippen LogP contribution in [-0.4, -0.2) is 50.4 Å². The van der Waals surface area contributed by atoms with Crippen molar-refractivity contribution in [3.63, 3.8) is 0 Å². The van der Waals surface area contributed by atoms with Crippen LogP contribution in [0, 0.1) is 0 Å². The molecular formula is C16H23N3O2. The van der Waals surface area contributed by atoms with Crippen molar-refractivity contribution in [2.24, 2.45) is 0 Å². The third kappa shape index (κ3) is 4.21. The van der Waals surface area contributed by atoms with Crippen molar-refractivity contribution < 1.29 is 9.59 Å². The van der Waals surface area contributed by atoms with E-state index in [2.05, 4.69) is 5.32 Å². The van der Waals surface area contributed by atoms with Crippen LogP contribution in [0.5, 0.6) is 0 Å². The van der Waals surface area contributed by atoms with Crippen molar-refractivity contribution in [2.75, 3.05) is 32.6 Å². The topological polar surface area (TPSA) is 52.7 Å². The van der Waals surface area contributed by atoms with Crippen LogP contribution in [0.1, 0.15) is 18.4 Å². The minimum absolute atomic E-state index is 0.0142. The Morgan fingerprint density at radius 1 is 1.33 bits per heavy atom. The molecule has 1 saturated heterocycles. The summed E-state index contributed by atoms with van der Waals surface area (Å²) in [5, 5.41) is 3.01. The number of piperidine rings is 1. The van der Waals surface area contributed by atoms with Crippen LogP contribution in [0.3, 0.4) is 0 Å². The molecule has 5 heteroatoms. The Kier molecular flexibility index (Phi) is 4.83. The minimum Gasteiger partial charge on any atom is -0.378 e. The lowest BCUT2D eigenvalue weighted by Crippen LogP contribution is -2.48. The van der Waals surface area contributed by atoms with Gasteiger partial charge in [0.05, 0.1) is 6.42 Å². The molecule has 1 aromatic carbocycles. The van der Waals surface area contributed by atoms with Crippen LogP contribution in [0.4, 0.5) is 5.69 Å². The summed E-state index contributed by atoms with van der Waals surface area (Å²) in [5.74, 6) is 0.167. The maximum atomic E-state index is 12.1. The van der Waals surface area contributed by atoms with Gasteiger partial charge in [0.2, 0.25) is 11.8 Å². The van der Waals surface area contributed by atoms with E-state index >= 15 is 0 Å². The van der Waals surface area contributed by atoms with E-state index in [1.165, 1.54) is 0 Å². The summed E-state index contributed by atoms with van der Waals surface area (Å²) in [6.07, 6.45) is 1.62. The smallest absolute Gasteiger partial charge is 0.224 e. The number of likely N-dealkylation sites (tertiary alicyclic amines) is 1. The SMILES string of the molecule is CN1C[C@@H](NC(=O)Cc2ccc(N(C)C)cc2)CCC1=O. The number of rotatable bonds is 4. The Labute approximate surface area is 125 Å². The number of hydrogen-bond donors (Lipinski definition) is 1. The number of likely N-dealkylation sites (N-methyl/N-ethyl adjacent to an activating group) is 1. The normalized spacial score (nSPS) is 18.5. The minimum atomic E-state index is 0.0142. The Morgan fingerprint density at radius 2 is 2.00 bits per heavy atom. The lowest BCUT2D eigenvalue weighted by Gasteiger charge is -2.30. The first-order chi connectivity index (χ1) is 9.95. The highest BCUT2D eigenvalue weighted by molar-refractivity contribution is 5.80. The molecular weight excluding hydrogens is 266 g/mol. The first kappa shape index (κ1) is 15.4. The summed E-state index contributed by atoms with van der Waals surface area (Å²) in [6, 6.07) is 8.05. The molecule has 1 fully saturated rings. The fourth-order valence-electron chi connectivity index (χ4n) is 2.51. The monoisotopic (exact) mass is 289 g/mol. The van der Waals surface area contributed by atoms with Gasteiger partial charge >= 0.3 is 0 Å². The average Bonchev–Trinajstić information content (AvgIpc) is 2.43. The number of carbonyl (C=O) groups is 2. The van der Waals surface area contributed by atoms with Gasteiger partial charge in [-0.2, -0.15) is 0 Å². The van der Waals surface area contributed by atoms with Crippen molar-refractivity contribution in [1.29, 1.82) is 0 Å². The highest BCUT2D eigenvalue weighted by atomic mass is 16.2. The Balaban J connectivity index is 1.85. The van der Waals surface area contributed by atoms with Gasteiger partial charge in [-0.1, -0.05) is 12.1 Å². The molecule has 1 aliphatic heterocycles. The lowest BCUT2D eigenvalue weighted by atomic mass is 10.0. The molecule has 0 aromatic heterocycles. The van der Waals surface area contributed by atoms with E-state index in [1.54, 1.807) is 11.9 Å². The molecule has 0 radical (unpaired) electrons. The van der Waals surface area contributed by atoms with E-state index < -0.39 is 0 Å². The molecule has 1 heterocycles. The lowest BCUT2D eigenvalue weighted by molar-refractivity contribution is -0.133. The zero-order chi connectivity index (χ0) is 15.4. The third-order valence-electron chi connectivity index (χ3n) is 3.81. The number of nitrogens with one attached hydrogen (secondary N) is 1. The maximum Gasteiger partial charge on any atom is 0.224 e. The molecule has 0 bridgehead atoms. The van der Waals surface area contributed by atoms with Crippen molar-refractivity contribution in [3.05, 3.63) is 29.8 Å². The second-order valence-corrected chi connectivity index (χ2v) is 5.82. The highest BCUT2D eigenvalue weighted by Crippen LogP contribution is 2.13. The summed E-state index contributed by atoms with van der Waals surface area (Å²) >= 11 is 0. The molecule has 1 atom stereocenters. The fraction of sp³-hybridized carbons (Fsp3) is 0.500. The van der Waals surface area contributed by atoms with Crippen LogP contribution < -0.4 is 10.2 Å². The maximum absolute atomic E-state index is 12.1. The molecule has 114 valence electrons. The van der Waals surface area contributed by atoms with Crippen molar-refractivity contribution in [2.45, 2.75) is 25.3 Å². The van der Waals surface area contributed by atoms with Gasteiger partial charge in [0.25, 0.3) is 0 Å². The van der Waals surface area contributed by atoms with Gasteiger partial charge in [0.1, 0.15) is 0 Å². The molecule has 1 N–H and O–H groups in total. The Hall–Kier alpha value is -2.04. The number of carbonyl (C=O) groups excluding carboxylic acids is 2. The van der Waals surface area contributed by atoms with Crippen molar-refractivity contribution in [1.82, 2.24) is 10.2 Å². The number of nitrogens with zero attached hydrogens (tertiary/aromatic N) is 2. The van der Waals surface area contributed by atoms with Crippen LogP contribution in [0.15, 0.2) is 24.3 Å². The van der Waals surface area contributed by atoms with Gasteiger partial charge in [0, 0.05) is 45.8 Å². The standard InChI is InChI=1S/C16H23N3O2/c1-18(2)14-7-4-12(5-8-14)10-15(20)17-13-6-9-16(21)19(3)11-13/h4-5,7-8,13H,6,9-11H2,1-3H3,(H,17,20)/t13-/m0/s1. The summed E-state index contributed by atoms with van der Waals surface area (Å²) in [6.45, 7) is 0.601. The molecule has 0 saturated carbocycles. The first-order valence-corrected chi connectivity index (χ1v) is 7.25. The molecule has 0 aliphatic carbocycles. The summed E-state index contributed by atoms with van der Waals surface area (Å²) < 4.78 is 0. The summed E-state index contributed by atoms with van der Waals surface area (Å²) in [5.41, 5.74) is 2.12. The van der Waals surface area contributed by atoms with Gasteiger partial charge in [-0.3, -0.25) is 9.59 Å². The zero-order valence-electron chi connectivity index (χ0n) is 12.9. The predicted molar refractivity (Wildman–Crippen MR) is 83.3 cm³/mol. The number of hydrogen-bond acceptors (Lipinski definition) is 3. The molecule has 21 heavy (non-hydrogen) atoms. The van der Waals surface area contributed by atoms with E-state index in [9.17, 15) is 9.59 Å². The first-order valence-electron chi connectivity index (χ1n) is 7.25. The number of amides is 2. The van der Waals surface area contributed by atoms with Gasteiger partial charge in [-0.05, 0) is 24.1 Å². The highest BCUT2D eigenvalue weighted by Gasteiger charge is 2.23. The van der Waals surface area contributed by atoms with Gasteiger partial charge in [-0.25, -0.2) is 0 Å². The zero-order valence-corrected chi connectivity index (χ0v) is 12.9. The molecule has 1 aromatic rings. The molecule has 2 amide bonds. The van der Waals surface area contributed by atoms with Crippen molar-refractivity contribution >= 4 is 17.5 Å². The predicted octanol–water partition coefficient (Wildman–Crippen LogP) is 1.03. The van der Waals surface area contributed by atoms with Crippen LogP contribution >= 0.6 is 0 Å². The van der Waals surface area contributed by atoms with Gasteiger partial charge < -0.3 is 15.1 Å². The number of anilines is 1. The van der Waals surface area contributed by atoms with E-state index in [1.807, 2.05) is 43.3 Å². The van der Waals surface area contributed by atoms with Gasteiger partial charge in [-0.15, -0.1) is 0 Å². The molecule has 1 aliphatic rings.